The van der Waals surface area contributed by atoms with Crippen LogP contribution in [0, 0.1) is 29.6 Å². The van der Waals surface area contributed by atoms with E-state index in [4.69, 9.17) is 14.6 Å². The first-order valence-corrected chi connectivity index (χ1v) is 10.3. The van der Waals surface area contributed by atoms with Gasteiger partial charge < -0.3 is 9.47 Å². The normalized spacial score (nSPS) is 43.5. The Kier molecular flexibility index (Phi) is 6.11. The average Bonchev–Trinajstić information content (AvgIpc) is 2.61. The lowest BCUT2D eigenvalue weighted by Crippen LogP contribution is -2.56. The van der Waals surface area contributed by atoms with Crippen molar-refractivity contribution in [3.05, 3.63) is 0 Å². The summed E-state index contributed by atoms with van der Waals surface area (Å²) >= 11 is 0. The highest BCUT2D eigenvalue weighted by atomic mass is 32.2. The number of fused-ring (bicyclic) bond motifs is 1. The average molecular weight is 349 g/mol. The van der Waals surface area contributed by atoms with Crippen LogP contribution in [0.15, 0.2) is 0 Å². The van der Waals surface area contributed by atoms with E-state index in [-0.39, 0.29) is 30.1 Å². The molecule has 0 aliphatic carbocycles. The summed E-state index contributed by atoms with van der Waals surface area (Å²) < 4.78 is 37.4. The van der Waals surface area contributed by atoms with Gasteiger partial charge in [-0.05, 0) is 43.4 Å². The maximum absolute atomic E-state index is 11.4. The van der Waals surface area contributed by atoms with Gasteiger partial charge in [0.05, 0.1) is 6.10 Å². The third kappa shape index (κ3) is 4.45. The van der Waals surface area contributed by atoms with Crippen LogP contribution in [0.2, 0.25) is 0 Å². The molecule has 0 spiro atoms. The van der Waals surface area contributed by atoms with Crippen molar-refractivity contribution < 1.29 is 17.9 Å². The van der Waals surface area contributed by atoms with Gasteiger partial charge in [-0.25, -0.2) is 5.14 Å². The van der Waals surface area contributed by atoms with E-state index < -0.39 is 16.4 Å². The van der Waals surface area contributed by atoms with Crippen molar-refractivity contribution in [1.29, 1.82) is 0 Å². The van der Waals surface area contributed by atoms with Crippen LogP contribution in [-0.4, -0.2) is 27.0 Å². The molecule has 2 fully saturated rings. The molecular formula is C16H32N2O4S. The van der Waals surface area contributed by atoms with Gasteiger partial charge in [0.1, 0.15) is 6.23 Å². The molecule has 0 aromatic rings. The molecule has 2 aliphatic heterocycles. The molecule has 136 valence electrons. The van der Waals surface area contributed by atoms with Crippen LogP contribution in [0.5, 0.6) is 0 Å². The Morgan fingerprint density at radius 3 is 2.39 bits per heavy atom. The molecule has 7 heteroatoms. The minimum Gasteiger partial charge on any atom is -0.349 e. The quantitative estimate of drug-likeness (QED) is 0.815. The zero-order valence-electron chi connectivity index (χ0n) is 14.9. The van der Waals surface area contributed by atoms with Gasteiger partial charge in [-0.1, -0.05) is 34.1 Å². The van der Waals surface area contributed by atoms with Crippen molar-refractivity contribution in [3.8, 4) is 0 Å². The first kappa shape index (κ1) is 19.1. The van der Waals surface area contributed by atoms with Crippen LogP contribution in [0.1, 0.15) is 53.9 Å². The summed E-state index contributed by atoms with van der Waals surface area (Å²) in [5.41, 5.74) is 0. The second-order valence-corrected chi connectivity index (χ2v) is 8.78. The molecule has 0 aromatic heterocycles. The second-order valence-electron chi connectivity index (χ2n) is 7.46. The number of hydrogen-bond donors (Lipinski definition) is 2. The summed E-state index contributed by atoms with van der Waals surface area (Å²) in [4.78, 5) is 0. The predicted molar refractivity (Wildman–Crippen MR) is 89.4 cm³/mol. The lowest BCUT2D eigenvalue weighted by Gasteiger charge is -2.47. The number of rotatable bonds is 4. The molecule has 2 saturated heterocycles. The van der Waals surface area contributed by atoms with Gasteiger partial charge in [-0.15, -0.1) is 0 Å². The monoisotopic (exact) mass is 348 g/mol. The van der Waals surface area contributed by atoms with E-state index in [1.54, 1.807) is 0 Å². The zero-order chi connectivity index (χ0) is 17.4. The minimum absolute atomic E-state index is 0.0399. The molecule has 0 saturated carbocycles. The van der Waals surface area contributed by atoms with Gasteiger partial charge in [0.15, 0.2) is 6.29 Å². The van der Waals surface area contributed by atoms with Crippen LogP contribution < -0.4 is 9.86 Å². The largest absolute Gasteiger partial charge is 0.349 e. The fourth-order valence-corrected chi connectivity index (χ4v) is 4.72. The predicted octanol–water partition coefficient (Wildman–Crippen LogP) is 2.21. The van der Waals surface area contributed by atoms with E-state index >= 15 is 0 Å². The molecule has 23 heavy (non-hydrogen) atoms. The fourth-order valence-electron chi connectivity index (χ4n) is 4.13. The summed E-state index contributed by atoms with van der Waals surface area (Å²) in [6.07, 6.45) is 2.38. The highest BCUT2D eigenvalue weighted by Crippen LogP contribution is 2.46. The van der Waals surface area contributed by atoms with E-state index in [1.807, 2.05) is 6.92 Å². The zero-order valence-corrected chi connectivity index (χ0v) is 15.7. The maximum Gasteiger partial charge on any atom is 0.276 e. The molecule has 0 bridgehead atoms. The summed E-state index contributed by atoms with van der Waals surface area (Å²) in [6.45, 7) is 10.8. The Balaban J connectivity index is 2.27. The molecule has 2 rings (SSSR count). The minimum atomic E-state index is -3.81. The first-order valence-electron chi connectivity index (χ1n) is 8.75. The summed E-state index contributed by atoms with van der Waals surface area (Å²) in [5, 5.41) is 5.14. The van der Waals surface area contributed by atoms with Gasteiger partial charge >= 0.3 is 0 Å². The van der Waals surface area contributed by atoms with E-state index in [2.05, 4.69) is 32.4 Å². The standard InChI is InChI=1S/C16H32N2O4S/c1-6-9(2)13-8-7-10(3)21-16-14(13)11(4)12(5)15(22-16)18-23(17,19)20/h9-16,18H,6-8H2,1-5H3,(H2,17,19,20)/t9-,10+,11+,12-,13+,14?,15-,16+/m1/s1. The molecule has 2 heterocycles. The smallest absolute Gasteiger partial charge is 0.276 e. The van der Waals surface area contributed by atoms with Crippen LogP contribution in [0.3, 0.4) is 0 Å². The second kappa shape index (κ2) is 7.35. The van der Waals surface area contributed by atoms with Gasteiger partial charge in [-0.2, -0.15) is 13.1 Å². The molecule has 0 aromatic carbocycles. The third-order valence-electron chi connectivity index (χ3n) is 5.93. The fraction of sp³-hybridized carbons (Fsp3) is 1.00. The Labute approximate surface area is 140 Å². The van der Waals surface area contributed by atoms with Gasteiger partial charge in [-0.3, -0.25) is 0 Å². The molecule has 6 nitrogen and oxygen atoms in total. The van der Waals surface area contributed by atoms with E-state index in [1.165, 1.54) is 0 Å². The molecule has 1 unspecified atom stereocenters. The van der Waals surface area contributed by atoms with Crippen molar-refractivity contribution in [2.45, 2.75) is 72.5 Å². The Morgan fingerprint density at radius 2 is 1.83 bits per heavy atom. The van der Waals surface area contributed by atoms with Crippen molar-refractivity contribution in [2.75, 3.05) is 0 Å². The van der Waals surface area contributed by atoms with Gasteiger partial charge in [0, 0.05) is 5.92 Å². The Hall–Kier alpha value is -0.210. The number of nitrogens with one attached hydrogen (secondary N) is 1. The third-order valence-corrected chi connectivity index (χ3v) is 6.49. The summed E-state index contributed by atoms with van der Waals surface area (Å²) in [6, 6.07) is 0. The molecule has 8 atom stereocenters. The molecule has 2 aliphatic rings. The highest BCUT2D eigenvalue weighted by Gasteiger charge is 2.48. The van der Waals surface area contributed by atoms with Crippen molar-refractivity contribution in [2.24, 2.45) is 34.7 Å². The number of hydrogen-bond acceptors (Lipinski definition) is 4. The SMILES string of the molecule is CC[C@@H](C)[C@@H]1CC[C@H](C)O[C@H]2O[C@@H](NS(N)(=O)=O)[C@H](C)[C@H](C)C21. The van der Waals surface area contributed by atoms with Crippen molar-refractivity contribution in [3.63, 3.8) is 0 Å². The van der Waals surface area contributed by atoms with E-state index in [0.717, 1.165) is 19.3 Å². The lowest BCUT2D eigenvalue weighted by atomic mass is 9.68. The topological polar surface area (TPSA) is 90.7 Å². The van der Waals surface area contributed by atoms with E-state index in [9.17, 15) is 8.42 Å². The molecule has 0 radical (unpaired) electrons. The number of nitrogens with two attached hydrogens (primary N) is 1. The molecular weight excluding hydrogens is 316 g/mol. The lowest BCUT2D eigenvalue weighted by molar-refractivity contribution is -0.270. The Bertz CT molecular complexity index is 498. The first-order chi connectivity index (χ1) is 10.6. The van der Waals surface area contributed by atoms with Gasteiger partial charge in [0.25, 0.3) is 10.2 Å². The number of ether oxygens (including phenoxy) is 2. The van der Waals surface area contributed by atoms with Crippen LogP contribution >= 0.6 is 0 Å². The van der Waals surface area contributed by atoms with Crippen LogP contribution in [0.25, 0.3) is 0 Å². The maximum atomic E-state index is 11.4. The van der Waals surface area contributed by atoms with Crippen LogP contribution in [0.4, 0.5) is 0 Å². The van der Waals surface area contributed by atoms with Crippen molar-refractivity contribution in [1.82, 2.24) is 4.72 Å². The van der Waals surface area contributed by atoms with Gasteiger partial charge in [0.2, 0.25) is 0 Å². The van der Waals surface area contributed by atoms with Crippen LogP contribution in [-0.2, 0) is 19.7 Å². The Morgan fingerprint density at radius 1 is 1.17 bits per heavy atom. The highest BCUT2D eigenvalue weighted by molar-refractivity contribution is 7.87. The summed E-state index contributed by atoms with van der Waals surface area (Å²) in [7, 11) is -3.81. The van der Waals surface area contributed by atoms with E-state index in [0.29, 0.717) is 11.8 Å². The molecule has 3 N–H and O–H groups in total. The summed E-state index contributed by atoms with van der Waals surface area (Å²) in [5.74, 6) is 1.74. The van der Waals surface area contributed by atoms with Crippen molar-refractivity contribution >= 4 is 10.2 Å². The molecule has 0 amide bonds.